The lowest BCUT2D eigenvalue weighted by Crippen LogP contribution is -2.47. The zero-order valence-corrected chi connectivity index (χ0v) is 14.0. The smallest absolute Gasteiger partial charge is 0.0627 e. The van der Waals surface area contributed by atoms with Gasteiger partial charge >= 0.3 is 0 Å². The average molecular weight is 269 g/mol. The largest absolute Gasteiger partial charge is 0.374 e. The van der Waals surface area contributed by atoms with Crippen LogP contribution in [-0.2, 0) is 4.74 Å². The molecule has 1 saturated carbocycles. The first-order valence-corrected chi connectivity index (χ1v) is 8.07. The van der Waals surface area contributed by atoms with Gasteiger partial charge in [0, 0.05) is 11.6 Å². The van der Waals surface area contributed by atoms with E-state index >= 15 is 0 Å². The summed E-state index contributed by atoms with van der Waals surface area (Å²) in [5.41, 5.74) is 0.130. The fourth-order valence-electron chi connectivity index (χ4n) is 2.96. The Morgan fingerprint density at radius 2 is 1.58 bits per heavy atom. The molecule has 0 aliphatic heterocycles. The molecule has 19 heavy (non-hydrogen) atoms. The van der Waals surface area contributed by atoms with Crippen molar-refractivity contribution >= 4 is 0 Å². The van der Waals surface area contributed by atoms with Crippen molar-refractivity contribution in [2.45, 2.75) is 97.2 Å². The van der Waals surface area contributed by atoms with Gasteiger partial charge in [-0.25, -0.2) is 0 Å². The van der Waals surface area contributed by atoms with Gasteiger partial charge in [0.15, 0.2) is 0 Å². The summed E-state index contributed by atoms with van der Waals surface area (Å²) in [6.45, 7) is 14.0. The Morgan fingerprint density at radius 1 is 1.00 bits per heavy atom. The van der Waals surface area contributed by atoms with Gasteiger partial charge in [0.25, 0.3) is 0 Å². The molecule has 1 rings (SSSR count). The Bertz CT molecular complexity index is 243. The molecule has 1 aliphatic carbocycles. The van der Waals surface area contributed by atoms with Gasteiger partial charge in [-0.3, -0.25) is 0 Å². The number of hydrogen-bond acceptors (Lipinski definition) is 2. The van der Waals surface area contributed by atoms with E-state index in [1.807, 2.05) is 0 Å². The highest BCUT2D eigenvalue weighted by atomic mass is 16.5. The second-order valence-corrected chi connectivity index (χ2v) is 8.25. The minimum Gasteiger partial charge on any atom is -0.374 e. The summed E-state index contributed by atoms with van der Waals surface area (Å²) in [7, 11) is 0. The molecule has 0 aromatic carbocycles. The van der Waals surface area contributed by atoms with Crippen molar-refractivity contribution in [3.8, 4) is 0 Å². The fourth-order valence-corrected chi connectivity index (χ4v) is 2.96. The predicted molar refractivity (Wildman–Crippen MR) is 83.6 cm³/mol. The van der Waals surface area contributed by atoms with Crippen LogP contribution in [0.15, 0.2) is 0 Å². The summed E-state index contributed by atoms with van der Waals surface area (Å²) >= 11 is 0. The molecule has 0 spiro atoms. The third kappa shape index (κ3) is 8.65. The highest BCUT2D eigenvalue weighted by Gasteiger charge is 2.24. The van der Waals surface area contributed by atoms with Crippen molar-refractivity contribution in [3.63, 3.8) is 0 Å². The van der Waals surface area contributed by atoms with Gasteiger partial charge in [-0.1, -0.05) is 32.1 Å². The van der Waals surface area contributed by atoms with E-state index < -0.39 is 0 Å². The molecule has 0 amide bonds. The van der Waals surface area contributed by atoms with Gasteiger partial charge in [0.2, 0.25) is 0 Å². The van der Waals surface area contributed by atoms with Gasteiger partial charge in [-0.05, 0) is 53.9 Å². The lowest BCUT2D eigenvalue weighted by atomic mass is 9.84. The van der Waals surface area contributed by atoms with Gasteiger partial charge < -0.3 is 10.1 Å². The standard InChI is InChI=1S/C17H35NO/c1-16(2,3)18-15(13-19-17(4,5)6)12-14-10-8-7-9-11-14/h14-15,18H,7-13H2,1-6H3/t15-/m0/s1. The molecule has 1 N–H and O–H groups in total. The van der Waals surface area contributed by atoms with E-state index in [-0.39, 0.29) is 11.1 Å². The zero-order chi connectivity index (χ0) is 14.5. The van der Waals surface area contributed by atoms with Crippen molar-refractivity contribution < 1.29 is 4.74 Å². The topological polar surface area (TPSA) is 21.3 Å². The Kier molecular flexibility index (Phi) is 6.32. The maximum absolute atomic E-state index is 6.02. The van der Waals surface area contributed by atoms with E-state index in [0.29, 0.717) is 6.04 Å². The molecule has 1 fully saturated rings. The Morgan fingerprint density at radius 3 is 2.05 bits per heavy atom. The van der Waals surface area contributed by atoms with Crippen LogP contribution >= 0.6 is 0 Å². The van der Waals surface area contributed by atoms with Gasteiger partial charge in [-0.2, -0.15) is 0 Å². The summed E-state index contributed by atoms with van der Waals surface area (Å²) in [5.74, 6) is 0.900. The number of rotatable bonds is 5. The van der Waals surface area contributed by atoms with Gasteiger partial charge in [0.1, 0.15) is 0 Å². The van der Waals surface area contributed by atoms with Crippen molar-refractivity contribution in [1.29, 1.82) is 0 Å². The minimum atomic E-state index is -0.0373. The first kappa shape index (κ1) is 17.0. The molecular formula is C17H35NO. The molecule has 0 bridgehead atoms. The molecule has 0 saturated heterocycles. The van der Waals surface area contributed by atoms with Crippen LogP contribution in [0.2, 0.25) is 0 Å². The highest BCUT2D eigenvalue weighted by molar-refractivity contribution is 4.81. The lowest BCUT2D eigenvalue weighted by molar-refractivity contribution is -0.0211. The summed E-state index contributed by atoms with van der Waals surface area (Å²) in [4.78, 5) is 0. The van der Waals surface area contributed by atoms with Crippen LogP contribution < -0.4 is 5.32 Å². The van der Waals surface area contributed by atoms with Crippen LogP contribution in [0, 0.1) is 5.92 Å². The molecule has 0 heterocycles. The minimum absolute atomic E-state index is 0.0373. The highest BCUT2D eigenvalue weighted by Crippen LogP contribution is 2.28. The first-order valence-electron chi connectivity index (χ1n) is 8.07. The number of nitrogens with one attached hydrogen (secondary N) is 1. The SMILES string of the molecule is CC(C)(C)N[C@H](COC(C)(C)C)CC1CCCCC1. The molecular weight excluding hydrogens is 234 g/mol. The fraction of sp³-hybridized carbons (Fsp3) is 1.00. The maximum atomic E-state index is 6.02. The summed E-state index contributed by atoms with van der Waals surface area (Å²) in [6.07, 6.45) is 8.38. The summed E-state index contributed by atoms with van der Waals surface area (Å²) in [5, 5.41) is 3.75. The van der Waals surface area contributed by atoms with Crippen molar-refractivity contribution in [2.24, 2.45) is 5.92 Å². The Balaban J connectivity index is 2.47. The third-order valence-corrected chi connectivity index (χ3v) is 3.70. The molecule has 114 valence electrons. The van der Waals surface area contributed by atoms with Crippen LogP contribution in [0.5, 0.6) is 0 Å². The third-order valence-electron chi connectivity index (χ3n) is 3.70. The second kappa shape index (κ2) is 7.08. The quantitative estimate of drug-likeness (QED) is 0.792. The van der Waals surface area contributed by atoms with Gasteiger partial charge in [-0.15, -0.1) is 0 Å². The first-order chi connectivity index (χ1) is 8.66. The number of ether oxygens (including phenoxy) is 1. The van der Waals surface area contributed by atoms with Crippen molar-refractivity contribution in [2.75, 3.05) is 6.61 Å². The van der Waals surface area contributed by atoms with E-state index in [2.05, 4.69) is 46.9 Å². The molecule has 2 nitrogen and oxygen atoms in total. The van der Waals surface area contributed by atoms with E-state index in [1.54, 1.807) is 0 Å². The van der Waals surface area contributed by atoms with Crippen LogP contribution in [0.1, 0.15) is 80.1 Å². The number of hydrogen-bond donors (Lipinski definition) is 1. The summed E-state index contributed by atoms with van der Waals surface area (Å²) < 4.78 is 6.02. The molecule has 0 unspecified atom stereocenters. The lowest BCUT2D eigenvalue weighted by Gasteiger charge is -2.34. The Hall–Kier alpha value is -0.0800. The second-order valence-electron chi connectivity index (χ2n) is 8.25. The molecule has 1 atom stereocenters. The van der Waals surface area contributed by atoms with Crippen molar-refractivity contribution in [3.05, 3.63) is 0 Å². The zero-order valence-electron chi connectivity index (χ0n) is 14.0. The molecule has 0 radical (unpaired) electrons. The normalized spacial score (nSPS) is 20.5. The average Bonchev–Trinajstić information content (AvgIpc) is 2.24. The summed E-state index contributed by atoms with van der Waals surface area (Å²) in [6, 6.07) is 0.488. The van der Waals surface area contributed by atoms with Crippen LogP contribution in [0.25, 0.3) is 0 Å². The van der Waals surface area contributed by atoms with Gasteiger partial charge in [0.05, 0.1) is 12.2 Å². The molecule has 0 aromatic heterocycles. The van der Waals surface area contributed by atoms with Crippen molar-refractivity contribution in [1.82, 2.24) is 5.32 Å². The molecule has 1 aliphatic rings. The van der Waals surface area contributed by atoms with Crippen LogP contribution in [0.4, 0.5) is 0 Å². The van der Waals surface area contributed by atoms with Crippen LogP contribution in [-0.4, -0.2) is 23.8 Å². The predicted octanol–water partition coefficient (Wildman–Crippen LogP) is 4.53. The van der Waals surface area contributed by atoms with E-state index in [9.17, 15) is 0 Å². The van der Waals surface area contributed by atoms with Crippen LogP contribution in [0.3, 0.4) is 0 Å². The maximum Gasteiger partial charge on any atom is 0.0627 e. The van der Waals surface area contributed by atoms with E-state index in [0.717, 1.165) is 12.5 Å². The molecule has 2 heteroatoms. The Labute approximate surface area is 120 Å². The van der Waals surface area contributed by atoms with E-state index in [4.69, 9.17) is 4.74 Å². The molecule has 0 aromatic rings. The van der Waals surface area contributed by atoms with E-state index in [1.165, 1.54) is 38.5 Å². The monoisotopic (exact) mass is 269 g/mol.